The van der Waals surface area contributed by atoms with Crippen molar-refractivity contribution in [2.45, 2.75) is 6.92 Å². The van der Waals surface area contributed by atoms with Gasteiger partial charge in [0.25, 0.3) is 0 Å². The summed E-state index contributed by atoms with van der Waals surface area (Å²) in [6.45, 7) is 1.39. The molecule has 2 nitrogen and oxygen atoms in total. The van der Waals surface area contributed by atoms with Gasteiger partial charge in [-0.3, -0.25) is 4.79 Å². The minimum atomic E-state index is -0.225. The van der Waals surface area contributed by atoms with E-state index in [0.29, 0.717) is 15.6 Å². The summed E-state index contributed by atoms with van der Waals surface area (Å²) in [5.74, 6) is -0.347. The number of phenols is 1. The number of rotatable bonds is 2. The number of phenolic OH excluding ortho intramolecular Hbond substituents is 1. The number of carbonyl (C=O) groups is 1. The number of carbonyl (C=O) groups excluding carboxylic acids is 1. The molecule has 0 saturated heterocycles. The number of halogens is 2. The largest absolute Gasteiger partial charge is 0.507 e. The summed E-state index contributed by atoms with van der Waals surface area (Å²) < 4.78 is 0. The second kappa shape index (κ2) is 5.01. The summed E-state index contributed by atoms with van der Waals surface area (Å²) in [5, 5.41) is 10.6. The maximum absolute atomic E-state index is 11.4. The van der Waals surface area contributed by atoms with Crippen LogP contribution in [0.5, 0.6) is 5.75 Å². The fraction of sp³-hybridized carbons (Fsp3) is 0.0714. The van der Waals surface area contributed by atoms with Crippen molar-refractivity contribution in [3.8, 4) is 16.9 Å². The molecule has 2 aromatic carbocycles. The predicted molar refractivity (Wildman–Crippen MR) is 73.6 cm³/mol. The van der Waals surface area contributed by atoms with Crippen molar-refractivity contribution >= 4 is 29.0 Å². The molecule has 0 saturated carbocycles. The number of Topliss-reactive ketones (excluding diaryl/α,β-unsaturated/α-hetero) is 1. The third-order valence-corrected chi connectivity index (χ3v) is 3.27. The van der Waals surface area contributed by atoms with Crippen LogP contribution < -0.4 is 0 Å². The van der Waals surface area contributed by atoms with Gasteiger partial charge in [-0.05, 0) is 25.1 Å². The van der Waals surface area contributed by atoms with Gasteiger partial charge in [-0.25, -0.2) is 0 Å². The lowest BCUT2D eigenvalue weighted by atomic mass is 10.0. The van der Waals surface area contributed by atoms with Crippen molar-refractivity contribution in [3.05, 3.63) is 52.0 Å². The van der Waals surface area contributed by atoms with Gasteiger partial charge in [-0.1, -0.05) is 41.4 Å². The normalized spacial score (nSPS) is 10.4. The number of aromatic hydroxyl groups is 1. The van der Waals surface area contributed by atoms with E-state index in [4.69, 9.17) is 23.2 Å². The lowest BCUT2D eigenvalue weighted by Gasteiger charge is -2.10. The minimum Gasteiger partial charge on any atom is -0.507 e. The monoisotopic (exact) mass is 280 g/mol. The van der Waals surface area contributed by atoms with Gasteiger partial charge in [0.1, 0.15) is 5.75 Å². The topological polar surface area (TPSA) is 37.3 Å². The first-order chi connectivity index (χ1) is 8.50. The zero-order valence-electron chi connectivity index (χ0n) is 9.58. The van der Waals surface area contributed by atoms with Gasteiger partial charge in [0.05, 0.1) is 10.6 Å². The second-order valence-corrected chi connectivity index (χ2v) is 4.70. The molecule has 0 aliphatic heterocycles. The molecule has 18 heavy (non-hydrogen) atoms. The number of benzene rings is 2. The van der Waals surface area contributed by atoms with Crippen molar-refractivity contribution in [1.29, 1.82) is 0 Å². The van der Waals surface area contributed by atoms with Gasteiger partial charge < -0.3 is 5.11 Å². The van der Waals surface area contributed by atoms with Crippen molar-refractivity contribution < 1.29 is 9.90 Å². The molecular formula is C14H10Cl2O2. The molecule has 0 unspecified atom stereocenters. The fourth-order valence-electron chi connectivity index (χ4n) is 1.73. The van der Waals surface area contributed by atoms with Gasteiger partial charge in [0, 0.05) is 16.1 Å². The molecule has 92 valence electrons. The van der Waals surface area contributed by atoms with Crippen molar-refractivity contribution in [2.24, 2.45) is 0 Å². The highest BCUT2D eigenvalue weighted by Gasteiger charge is 2.14. The van der Waals surface area contributed by atoms with E-state index in [9.17, 15) is 9.90 Å². The number of ketones is 1. The Hall–Kier alpha value is -1.51. The SMILES string of the molecule is CC(=O)c1cc(-c2ccccc2Cl)c(Cl)cc1O. The average molecular weight is 281 g/mol. The van der Waals surface area contributed by atoms with E-state index in [1.807, 2.05) is 18.2 Å². The quantitative estimate of drug-likeness (QED) is 0.819. The first-order valence-corrected chi connectivity index (χ1v) is 6.04. The Labute approximate surface area is 115 Å². The van der Waals surface area contributed by atoms with Crippen molar-refractivity contribution in [1.82, 2.24) is 0 Å². The molecule has 2 aromatic rings. The Balaban J connectivity index is 2.69. The highest BCUT2D eigenvalue weighted by Crippen LogP contribution is 2.37. The predicted octanol–water partition coefficient (Wildman–Crippen LogP) is 4.57. The molecule has 0 radical (unpaired) electrons. The van der Waals surface area contributed by atoms with Gasteiger partial charge in [0.2, 0.25) is 0 Å². The van der Waals surface area contributed by atoms with Crippen molar-refractivity contribution in [3.63, 3.8) is 0 Å². The van der Waals surface area contributed by atoms with Crippen LogP contribution in [0.15, 0.2) is 36.4 Å². The van der Waals surface area contributed by atoms with Crippen LogP contribution in [0, 0.1) is 0 Å². The Morgan fingerprint density at radius 1 is 1.06 bits per heavy atom. The standard InChI is InChI=1S/C14H10Cl2O2/c1-8(17)10-6-11(13(16)7-14(10)18)9-4-2-3-5-12(9)15/h2-7,18H,1H3. The third-order valence-electron chi connectivity index (χ3n) is 2.63. The number of hydrogen-bond donors (Lipinski definition) is 1. The lowest BCUT2D eigenvalue weighted by Crippen LogP contribution is -1.94. The van der Waals surface area contributed by atoms with Crippen molar-refractivity contribution in [2.75, 3.05) is 0 Å². The van der Waals surface area contributed by atoms with E-state index < -0.39 is 0 Å². The Morgan fingerprint density at radius 2 is 1.72 bits per heavy atom. The minimum absolute atomic E-state index is 0.122. The fourth-order valence-corrected chi connectivity index (χ4v) is 2.23. The highest BCUT2D eigenvalue weighted by atomic mass is 35.5. The summed E-state index contributed by atoms with van der Waals surface area (Å²) in [7, 11) is 0. The average Bonchev–Trinajstić information content (AvgIpc) is 2.30. The molecule has 0 fully saturated rings. The molecule has 0 aliphatic rings. The third kappa shape index (κ3) is 2.35. The molecule has 0 amide bonds. The Morgan fingerprint density at radius 3 is 2.33 bits per heavy atom. The van der Waals surface area contributed by atoms with E-state index in [1.165, 1.54) is 13.0 Å². The van der Waals surface area contributed by atoms with Crippen LogP contribution in [0.3, 0.4) is 0 Å². The zero-order chi connectivity index (χ0) is 13.3. The van der Waals surface area contributed by atoms with E-state index in [1.54, 1.807) is 12.1 Å². The number of hydrogen-bond acceptors (Lipinski definition) is 2. The van der Waals surface area contributed by atoms with E-state index in [2.05, 4.69) is 0 Å². The molecule has 4 heteroatoms. The molecule has 0 bridgehead atoms. The Kier molecular flexibility index (Phi) is 3.60. The van der Waals surface area contributed by atoms with Crippen LogP contribution >= 0.6 is 23.2 Å². The van der Waals surface area contributed by atoms with Crippen LogP contribution in [0.25, 0.3) is 11.1 Å². The summed E-state index contributed by atoms with van der Waals surface area (Å²) >= 11 is 12.2. The van der Waals surface area contributed by atoms with Crippen LogP contribution in [0.1, 0.15) is 17.3 Å². The lowest BCUT2D eigenvalue weighted by molar-refractivity contribution is 0.101. The maximum Gasteiger partial charge on any atom is 0.163 e. The molecule has 0 heterocycles. The summed E-state index contributed by atoms with van der Waals surface area (Å²) in [6.07, 6.45) is 0. The zero-order valence-corrected chi connectivity index (χ0v) is 11.1. The van der Waals surface area contributed by atoms with Gasteiger partial charge >= 0.3 is 0 Å². The summed E-state index contributed by atoms with van der Waals surface area (Å²) in [6, 6.07) is 10.1. The second-order valence-electron chi connectivity index (χ2n) is 3.89. The molecule has 2 rings (SSSR count). The van der Waals surface area contributed by atoms with Crippen LogP contribution in [0.2, 0.25) is 10.0 Å². The van der Waals surface area contributed by atoms with Crippen LogP contribution in [-0.2, 0) is 0 Å². The van der Waals surface area contributed by atoms with E-state index in [0.717, 1.165) is 5.56 Å². The van der Waals surface area contributed by atoms with Crippen LogP contribution in [0.4, 0.5) is 0 Å². The molecule has 0 aliphatic carbocycles. The maximum atomic E-state index is 11.4. The van der Waals surface area contributed by atoms with Gasteiger partial charge in [0.15, 0.2) is 5.78 Å². The first-order valence-electron chi connectivity index (χ1n) is 5.29. The summed E-state index contributed by atoms with van der Waals surface area (Å²) in [4.78, 5) is 11.4. The molecule has 0 aromatic heterocycles. The van der Waals surface area contributed by atoms with Gasteiger partial charge in [-0.15, -0.1) is 0 Å². The smallest absolute Gasteiger partial charge is 0.163 e. The molecule has 0 atom stereocenters. The van der Waals surface area contributed by atoms with Crippen LogP contribution in [-0.4, -0.2) is 10.9 Å². The highest BCUT2D eigenvalue weighted by molar-refractivity contribution is 6.36. The summed E-state index contributed by atoms with van der Waals surface area (Å²) in [5.41, 5.74) is 1.59. The Bertz CT molecular complexity index is 621. The molecule has 0 spiro atoms. The molecular weight excluding hydrogens is 271 g/mol. The first kappa shape index (κ1) is 12.9. The van der Waals surface area contributed by atoms with E-state index >= 15 is 0 Å². The van der Waals surface area contributed by atoms with Gasteiger partial charge in [-0.2, -0.15) is 0 Å². The molecule has 1 N–H and O–H groups in total. The van der Waals surface area contributed by atoms with E-state index in [-0.39, 0.29) is 17.1 Å².